The van der Waals surface area contributed by atoms with Gasteiger partial charge in [0.2, 0.25) is 0 Å². The van der Waals surface area contributed by atoms with Crippen LogP contribution in [0.5, 0.6) is 0 Å². The summed E-state index contributed by atoms with van der Waals surface area (Å²) in [6.07, 6.45) is 0.474. The van der Waals surface area contributed by atoms with Crippen molar-refractivity contribution >= 4 is 12.6 Å². The third kappa shape index (κ3) is 3.26. The maximum Gasteiger partial charge on any atom is 0.0234 e. The lowest BCUT2D eigenvalue weighted by atomic mass is 9.99. The van der Waals surface area contributed by atoms with Crippen molar-refractivity contribution in [2.24, 2.45) is 0 Å². The van der Waals surface area contributed by atoms with Gasteiger partial charge in [-0.1, -0.05) is 79.7 Å². The molecule has 0 spiro atoms. The van der Waals surface area contributed by atoms with Crippen molar-refractivity contribution in [2.75, 3.05) is 0 Å². The van der Waals surface area contributed by atoms with E-state index in [4.69, 9.17) is 2.74 Å². The van der Waals surface area contributed by atoms with E-state index in [1.807, 2.05) is 12.1 Å². The van der Waals surface area contributed by atoms with Gasteiger partial charge in [0, 0.05) is 8.49 Å². The molecular weight excluding hydrogens is 284 g/mol. The normalized spacial score (nSPS) is 13.3. The Balaban J connectivity index is 1.78. The smallest absolute Gasteiger partial charge is 0.0234 e. The van der Waals surface area contributed by atoms with Crippen LogP contribution in [0.25, 0.3) is 22.3 Å². The minimum Gasteiger partial charge on any atom is -0.175 e. The van der Waals surface area contributed by atoms with Crippen molar-refractivity contribution in [3.63, 3.8) is 0 Å². The van der Waals surface area contributed by atoms with E-state index in [1.165, 1.54) is 22.3 Å². The Labute approximate surface area is 141 Å². The van der Waals surface area contributed by atoms with Gasteiger partial charge in [-0.15, -0.1) is 0 Å². The molecule has 0 saturated heterocycles. The highest BCUT2D eigenvalue weighted by atomic mass is 32.1. The van der Waals surface area contributed by atoms with Crippen molar-refractivity contribution in [1.29, 1.82) is 0 Å². The average molecular weight is 307 g/mol. The van der Waals surface area contributed by atoms with Crippen LogP contribution in [0.4, 0.5) is 0 Å². The van der Waals surface area contributed by atoms with E-state index < -0.39 is 6.88 Å². The molecule has 0 aliphatic carbocycles. The Hall–Kier alpha value is -1.99. The predicted octanol–water partition coefficient (Wildman–Crippen LogP) is 6.01. The van der Waals surface area contributed by atoms with Gasteiger partial charge in [-0.3, -0.25) is 0 Å². The average Bonchev–Trinajstić information content (AvgIpc) is 2.62. The molecule has 3 aromatic rings. The molecule has 0 nitrogen and oxygen atoms in total. The van der Waals surface area contributed by atoms with Gasteiger partial charge in [0.15, 0.2) is 0 Å². The summed E-state index contributed by atoms with van der Waals surface area (Å²) in [6, 6.07) is 25.2. The Morgan fingerprint density at radius 3 is 1.45 bits per heavy atom. The first-order valence-electron chi connectivity index (χ1n) is 8.55. The first-order valence-corrected chi connectivity index (χ1v) is 8.03. The monoisotopic (exact) mass is 307 g/mol. The topological polar surface area (TPSA) is 0 Å². The number of rotatable bonds is 4. The van der Waals surface area contributed by atoms with E-state index in [9.17, 15) is 0 Å². The molecule has 3 aromatic carbocycles. The van der Waals surface area contributed by atoms with Crippen molar-refractivity contribution in [3.05, 3.63) is 83.9 Å². The molecule has 110 valence electrons. The maximum absolute atomic E-state index is 7.33. The number of benzene rings is 3. The molecule has 1 heteroatoms. The first kappa shape index (κ1) is 12.5. The zero-order chi connectivity index (χ0) is 16.9. The zero-order valence-corrected chi connectivity index (χ0v) is 13.3. The summed E-state index contributed by atoms with van der Waals surface area (Å²) in [5.74, 6) is 0.760. The van der Waals surface area contributed by atoms with Crippen LogP contribution >= 0.6 is 12.6 Å². The Bertz CT molecular complexity index is 776. The second-order valence-corrected chi connectivity index (χ2v) is 5.65. The lowest BCUT2D eigenvalue weighted by Crippen LogP contribution is -1.83. The second kappa shape index (κ2) is 6.85. The van der Waals surface area contributed by atoms with Crippen molar-refractivity contribution in [1.82, 2.24) is 0 Å². The number of hydrogen-bond acceptors (Lipinski definition) is 1. The summed E-state index contributed by atoms with van der Waals surface area (Å²) in [6.45, 7) is -0.802. The van der Waals surface area contributed by atoms with E-state index >= 15 is 0 Å². The van der Waals surface area contributed by atoms with Gasteiger partial charge in [0.1, 0.15) is 0 Å². The van der Waals surface area contributed by atoms with Crippen molar-refractivity contribution in [2.45, 2.75) is 19.0 Å². The fraction of sp³-hybridized carbons (Fsp3) is 0.143. The number of hydrogen-bond donors (Lipinski definition) is 1. The molecule has 0 heterocycles. The zero-order valence-electron chi connectivity index (χ0n) is 14.4. The molecule has 0 saturated carbocycles. The summed E-state index contributed by atoms with van der Waals surface area (Å²) in [7, 11) is 0. The van der Waals surface area contributed by atoms with Crippen molar-refractivity contribution in [3.8, 4) is 22.3 Å². The summed E-state index contributed by atoms with van der Waals surface area (Å²) < 4.78 is 14.7. The van der Waals surface area contributed by atoms with Crippen LogP contribution in [0.15, 0.2) is 72.8 Å². The Morgan fingerprint density at radius 2 is 1.09 bits per heavy atom. The summed E-state index contributed by atoms with van der Waals surface area (Å²) in [4.78, 5) is 0. The van der Waals surface area contributed by atoms with Crippen molar-refractivity contribution < 1.29 is 2.74 Å². The summed E-state index contributed by atoms with van der Waals surface area (Å²) in [5, 5.41) is 0. The fourth-order valence-electron chi connectivity index (χ4n) is 2.49. The van der Waals surface area contributed by atoms with Crippen LogP contribution in [-0.2, 0) is 12.2 Å². The van der Waals surface area contributed by atoms with E-state index in [2.05, 4.69) is 73.3 Å². The molecule has 0 aromatic heterocycles. The first-order chi connectivity index (χ1) is 11.7. The highest BCUT2D eigenvalue weighted by Crippen LogP contribution is 2.25. The number of thiol groups is 1. The SMILES string of the molecule is [2H]C([3H])Cc1ccc(-c2ccc(-c3ccc(CS)cc3)cc2)cc1. The van der Waals surface area contributed by atoms with E-state index in [-0.39, 0.29) is 0 Å². The molecule has 1 unspecified atom stereocenters. The summed E-state index contributed by atoms with van der Waals surface area (Å²) in [5.41, 5.74) is 7.00. The molecule has 22 heavy (non-hydrogen) atoms. The molecule has 3 rings (SSSR count). The highest BCUT2D eigenvalue weighted by Gasteiger charge is 2.01. The van der Waals surface area contributed by atoms with Gasteiger partial charge in [-0.05, 0) is 39.8 Å². The van der Waals surface area contributed by atoms with Gasteiger partial charge in [0.05, 0.1) is 0 Å². The molecular formula is C21H20S. The van der Waals surface area contributed by atoms with Crippen LogP contribution in [0.3, 0.4) is 0 Å². The Kier molecular flexibility index (Phi) is 3.90. The largest absolute Gasteiger partial charge is 0.175 e. The fourth-order valence-corrected chi connectivity index (χ4v) is 2.70. The molecule has 0 N–H and O–H groups in total. The predicted molar refractivity (Wildman–Crippen MR) is 99.4 cm³/mol. The molecule has 0 amide bonds. The number of aryl methyl sites for hydroxylation is 1. The molecule has 0 aliphatic rings. The van der Waals surface area contributed by atoms with Crippen LogP contribution in [0, 0.1) is 0 Å². The van der Waals surface area contributed by atoms with E-state index in [1.54, 1.807) is 0 Å². The van der Waals surface area contributed by atoms with Gasteiger partial charge in [-0.2, -0.15) is 12.6 Å². The van der Waals surface area contributed by atoms with E-state index in [0.717, 1.165) is 16.9 Å². The molecule has 1 atom stereocenters. The van der Waals surface area contributed by atoms with Crippen LogP contribution in [0.1, 0.15) is 20.7 Å². The van der Waals surface area contributed by atoms with Crippen LogP contribution in [-0.4, -0.2) is 0 Å². The second-order valence-electron chi connectivity index (χ2n) is 5.33. The minimum atomic E-state index is -0.802. The lowest BCUT2D eigenvalue weighted by molar-refractivity contribution is 1.14. The molecule has 0 aliphatic heterocycles. The third-order valence-corrected chi connectivity index (χ3v) is 4.24. The van der Waals surface area contributed by atoms with E-state index in [0.29, 0.717) is 6.42 Å². The quantitative estimate of drug-likeness (QED) is 0.560. The van der Waals surface area contributed by atoms with Gasteiger partial charge in [-0.25, -0.2) is 0 Å². The third-order valence-electron chi connectivity index (χ3n) is 3.88. The highest BCUT2D eigenvalue weighted by molar-refractivity contribution is 7.79. The van der Waals surface area contributed by atoms with Crippen LogP contribution in [0.2, 0.25) is 0 Å². The lowest BCUT2D eigenvalue weighted by Gasteiger charge is -2.06. The summed E-state index contributed by atoms with van der Waals surface area (Å²) >= 11 is 4.29. The molecule has 0 fully saturated rings. The molecule has 0 bridgehead atoms. The molecule has 0 radical (unpaired) electrons. The Morgan fingerprint density at radius 1 is 0.727 bits per heavy atom. The van der Waals surface area contributed by atoms with Gasteiger partial charge < -0.3 is 0 Å². The van der Waals surface area contributed by atoms with Gasteiger partial charge in [0.25, 0.3) is 0 Å². The maximum atomic E-state index is 7.33. The van der Waals surface area contributed by atoms with Gasteiger partial charge >= 0.3 is 0 Å². The standard InChI is InChI=1S/C21H20S/c1-2-16-3-7-18(8-4-16)20-11-13-21(14-12-20)19-9-5-17(15-22)6-10-19/h3-14,22H,2,15H2,1H3/i1TD. The van der Waals surface area contributed by atoms with Crippen LogP contribution < -0.4 is 0 Å². The minimum absolute atomic E-state index is 0.474.